The molecule has 3 nitrogen and oxygen atoms in total. The molecule has 2 N–H and O–H groups in total. The Kier molecular flexibility index (Phi) is 4.15. The summed E-state index contributed by atoms with van der Waals surface area (Å²) in [6.07, 6.45) is 2.14. The van der Waals surface area contributed by atoms with Crippen molar-refractivity contribution in [2.45, 2.75) is 26.3 Å². The molecular formula is C14H20ClNO2. The summed E-state index contributed by atoms with van der Waals surface area (Å²) >= 11 is 5.95. The van der Waals surface area contributed by atoms with E-state index in [4.69, 9.17) is 11.6 Å². The monoisotopic (exact) mass is 269 g/mol. The lowest BCUT2D eigenvalue weighted by Crippen LogP contribution is -2.43. The third-order valence-corrected chi connectivity index (χ3v) is 3.91. The second-order valence-corrected chi connectivity index (χ2v) is 5.99. The van der Waals surface area contributed by atoms with Gasteiger partial charge in [-0.3, -0.25) is 4.90 Å². The van der Waals surface area contributed by atoms with E-state index in [1.807, 2.05) is 6.07 Å². The number of nitrogens with zero attached hydrogens (tertiary/aromatic N) is 1. The van der Waals surface area contributed by atoms with E-state index in [2.05, 4.69) is 11.8 Å². The van der Waals surface area contributed by atoms with E-state index in [0.717, 1.165) is 31.5 Å². The molecule has 1 aromatic carbocycles. The number of aromatic hydroxyl groups is 1. The summed E-state index contributed by atoms with van der Waals surface area (Å²) < 4.78 is 0. The van der Waals surface area contributed by atoms with Crippen LogP contribution < -0.4 is 0 Å². The lowest BCUT2D eigenvalue weighted by atomic mass is 9.82. The fourth-order valence-corrected chi connectivity index (χ4v) is 2.81. The smallest absolute Gasteiger partial charge is 0.120 e. The second-order valence-electron chi connectivity index (χ2n) is 5.56. The highest BCUT2D eigenvalue weighted by atomic mass is 35.5. The first-order valence-electron chi connectivity index (χ1n) is 6.33. The van der Waals surface area contributed by atoms with Gasteiger partial charge in [0, 0.05) is 35.7 Å². The number of benzene rings is 1. The maximum Gasteiger partial charge on any atom is 0.120 e. The van der Waals surface area contributed by atoms with Crippen molar-refractivity contribution in [3.05, 3.63) is 28.8 Å². The number of halogens is 1. The summed E-state index contributed by atoms with van der Waals surface area (Å²) in [4.78, 5) is 2.27. The van der Waals surface area contributed by atoms with Crippen molar-refractivity contribution in [1.29, 1.82) is 0 Å². The van der Waals surface area contributed by atoms with Crippen LogP contribution in [0.2, 0.25) is 5.02 Å². The van der Waals surface area contributed by atoms with Crippen molar-refractivity contribution < 1.29 is 10.2 Å². The van der Waals surface area contributed by atoms with Crippen molar-refractivity contribution in [2.75, 3.05) is 19.7 Å². The molecule has 100 valence electrons. The van der Waals surface area contributed by atoms with Gasteiger partial charge in [0.1, 0.15) is 5.75 Å². The van der Waals surface area contributed by atoms with Crippen LogP contribution in [-0.4, -0.2) is 34.8 Å². The predicted molar refractivity (Wildman–Crippen MR) is 72.8 cm³/mol. The number of likely N-dealkylation sites (tertiary alicyclic amines) is 1. The zero-order chi connectivity index (χ0) is 13.2. The average molecular weight is 270 g/mol. The Morgan fingerprint density at radius 2 is 2.22 bits per heavy atom. The molecule has 1 aliphatic rings. The minimum Gasteiger partial charge on any atom is -0.508 e. The number of phenolic OH excluding ortho intramolecular Hbond substituents is 1. The summed E-state index contributed by atoms with van der Waals surface area (Å²) in [5.74, 6) is 0.288. The molecule has 18 heavy (non-hydrogen) atoms. The molecule has 1 atom stereocenters. The predicted octanol–water partition coefficient (Wildman–Crippen LogP) is 2.64. The lowest BCUT2D eigenvalue weighted by Gasteiger charge is -2.39. The Morgan fingerprint density at radius 1 is 1.44 bits per heavy atom. The molecule has 1 aliphatic heterocycles. The molecule has 0 aliphatic carbocycles. The molecule has 0 spiro atoms. The zero-order valence-electron chi connectivity index (χ0n) is 10.7. The van der Waals surface area contributed by atoms with E-state index in [1.165, 1.54) is 0 Å². The lowest BCUT2D eigenvalue weighted by molar-refractivity contribution is 0.0426. The third kappa shape index (κ3) is 3.16. The summed E-state index contributed by atoms with van der Waals surface area (Å²) in [5, 5.41) is 19.9. The van der Waals surface area contributed by atoms with Gasteiger partial charge in [0.05, 0.1) is 0 Å². The summed E-state index contributed by atoms with van der Waals surface area (Å²) in [7, 11) is 0. The molecule has 1 unspecified atom stereocenters. The highest BCUT2D eigenvalue weighted by Crippen LogP contribution is 2.31. The fourth-order valence-electron chi connectivity index (χ4n) is 2.61. The molecule has 0 amide bonds. The maximum absolute atomic E-state index is 9.82. The normalized spacial score (nSPS) is 25.3. The molecule has 0 radical (unpaired) electrons. The average Bonchev–Trinajstić information content (AvgIpc) is 2.34. The van der Waals surface area contributed by atoms with Crippen LogP contribution in [0.25, 0.3) is 0 Å². The van der Waals surface area contributed by atoms with Crippen molar-refractivity contribution in [2.24, 2.45) is 5.41 Å². The molecule has 1 aromatic rings. The zero-order valence-corrected chi connectivity index (χ0v) is 11.5. The SMILES string of the molecule is CC1(CO)CCCN(Cc2cc(Cl)ccc2O)C1. The number of rotatable bonds is 3. The topological polar surface area (TPSA) is 43.7 Å². The first-order valence-corrected chi connectivity index (χ1v) is 6.71. The van der Waals surface area contributed by atoms with Crippen molar-refractivity contribution in [1.82, 2.24) is 4.90 Å². The summed E-state index contributed by atoms with van der Waals surface area (Å²) in [6, 6.07) is 5.13. The Bertz CT molecular complexity index is 424. The van der Waals surface area contributed by atoms with Gasteiger partial charge in [0.2, 0.25) is 0 Å². The van der Waals surface area contributed by atoms with Crippen molar-refractivity contribution in [3.63, 3.8) is 0 Å². The number of piperidine rings is 1. The molecule has 1 heterocycles. The van der Waals surface area contributed by atoms with Crippen LogP contribution >= 0.6 is 11.6 Å². The summed E-state index contributed by atoms with van der Waals surface area (Å²) in [6.45, 7) is 4.86. The van der Waals surface area contributed by atoms with Crippen molar-refractivity contribution >= 4 is 11.6 Å². The van der Waals surface area contributed by atoms with Gasteiger partial charge in [0.15, 0.2) is 0 Å². The van der Waals surface area contributed by atoms with Crippen LogP contribution in [0.4, 0.5) is 0 Å². The van der Waals surface area contributed by atoms with E-state index in [0.29, 0.717) is 11.6 Å². The number of hydrogen-bond donors (Lipinski definition) is 2. The molecular weight excluding hydrogens is 250 g/mol. The van der Waals surface area contributed by atoms with E-state index >= 15 is 0 Å². The standard InChI is InChI=1S/C14H20ClNO2/c1-14(10-17)5-2-6-16(9-14)8-11-7-12(15)3-4-13(11)18/h3-4,7,17-18H,2,5-6,8-10H2,1H3. The Hall–Kier alpha value is -0.770. The first-order chi connectivity index (χ1) is 8.52. The molecule has 2 rings (SSSR count). The van der Waals surface area contributed by atoms with Gasteiger partial charge < -0.3 is 10.2 Å². The van der Waals surface area contributed by atoms with Gasteiger partial charge >= 0.3 is 0 Å². The molecule has 4 heteroatoms. The van der Waals surface area contributed by atoms with Crippen LogP contribution in [0.5, 0.6) is 5.75 Å². The van der Waals surface area contributed by atoms with E-state index in [-0.39, 0.29) is 17.8 Å². The minimum atomic E-state index is -0.0214. The minimum absolute atomic E-state index is 0.0214. The molecule has 1 saturated heterocycles. The van der Waals surface area contributed by atoms with Crippen LogP contribution in [0.15, 0.2) is 18.2 Å². The van der Waals surface area contributed by atoms with E-state index < -0.39 is 0 Å². The molecule has 0 saturated carbocycles. The molecule has 1 fully saturated rings. The summed E-state index contributed by atoms with van der Waals surface area (Å²) in [5.41, 5.74) is 0.830. The van der Waals surface area contributed by atoms with Gasteiger partial charge in [-0.05, 0) is 37.6 Å². The van der Waals surface area contributed by atoms with E-state index in [1.54, 1.807) is 12.1 Å². The quantitative estimate of drug-likeness (QED) is 0.887. The Balaban J connectivity index is 2.07. The second kappa shape index (κ2) is 5.47. The van der Waals surface area contributed by atoms with Crippen LogP contribution in [0.1, 0.15) is 25.3 Å². The molecule has 0 aromatic heterocycles. The number of aliphatic hydroxyl groups excluding tert-OH is 1. The fraction of sp³-hybridized carbons (Fsp3) is 0.571. The van der Waals surface area contributed by atoms with Crippen LogP contribution in [0.3, 0.4) is 0 Å². The number of aliphatic hydroxyl groups is 1. The van der Waals surface area contributed by atoms with Crippen LogP contribution in [0, 0.1) is 5.41 Å². The van der Waals surface area contributed by atoms with E-state index in [9.17, 15) is 10.2 Å². The first kappa shape index (κ1) is 13.7. The maximum atomic E-state index is 9.82. The van der Waals surface area contributed by atoms with Crippen molar-refractivity contribution in [3.8, 4) is 5.75 Å². The number of hydrogen-bond acceptors (Lipinski definition) is 3. The van der Waals surface area contributed by atoms with Gasteiger partial charge in [0.25, 0.3) is 0 Å². The van der Waals surface area contributed by atoms with Gasteiger partial charge in [-0.2, -0.15) is 0 Å². The van der Waals surface area contributed by atoms with Gasteiger partial charge in [-0.25, -0.2) is 0 Å². The Morgan fingerprint density at radius 3 is 2.94 bits per heavy atom. The largest absolute Gasteiger partial charge is 0.508 e. The Labute approximate surface area is 113 Å². The highest BCUT2D eigenvalue weighted by Gasteiger charge is 2.30. The third-order valence-electron chi connectivity index (χ3n) is 3.68. The highest BCUT2D eigenvalue weighted by molar-refractivity contribution is 6.30. The van der Waals surface area contributed by atoms with Gasteiger partial charge in [-0.15, -0.1) is 0 Å². The molecule has 0 bridgehead atoms. The van der Waals surface area contributed by atoms with Crippen LogP contribution in [-0.2, 0) is 6.54 Å². The van der Waals surface area contributed by atoms with Gasteiger partial charge in [-0.1, -0.05) is 18.5 Å². The number of phenols is 1.